The average molecular weight is 494 g/mol. The molecule has 1 unspecified atom stereocenters. The van der Waals surface area contributed by atoms with Gasteiger partial charge < -0.3 is 20.6 Å². The van der Waals surface area contributed by atoms with Gasteiger partial charge in [0.25, 0.3) is 5.91 Å². The molecule has 2 heterocycles. The fraction of sp³-hybridized carbons (Fsp3) is 0.519. The summed E-state index contributed by atoms with van der Waals surface area (Å²) in [4.78, 5) is 48.9. The first-order chi connectivity index (χ1) is 17.0. The number of rotatable bonds is 6. The fourth-order valence-electron chi connectivity index (χ4n) is 5.49. The van der Waals surface area contributed by atoms with Crippen LogP contribution in [-0.2, 0) is 9.59 Å². The Hall–Kier alpha value is -3.33. The molecule has 0 bridgehead atoms. The average Bonchev–Trinajstić information content (AvgIpc) is 3.18. The van der Waals surface area contributed by atoms with Crippen molar-refractivity contribution in [3.05, 3.63) is 48.4 Å². The number of carbonyl (C=O) groups is 3. The van der Waals surface area contributed by atoms with Crippen molar-refractivity contribution in [2.45, 2.75) is 77.0 Å². The highest BCUT2D eigenvalue weighted by molar-refractivity contribution is 5.97. The molecule has 1 aliphatic carbocycles. The molecule has 0 radical (unpaired) electrons. The number of nitrogens with one attached hydrogen (secondary N) is 2. The third-order valence-electron chi connectivity index (χ3n) is 7.18. The molecule has 2 aromatic rings. The van der Waals surface area contributed by atoms with E-state index in [-0.39, 0.29) is 23.2 Å². The van der Waals surface area contributed by atoms with Crippen LogP contribution in [0.5, 0.6) is 0 Å². The predicted octanol–water partition coefficient (Wildman–Crippen LogP) is 2.87. The minimum absolute atomic E-state index is 0.0611. The summed E-state index contributed by atoms with van der Waals surface area (Å²) in [5.74, 6) is -1.61. The van der Waals surface area contributed by atoms with Crippen LogP contribution in [0.3, 0.4) is 0 Å². The first-order valence-corrected chi connectivity index (χ1v) is 12.5. The van der Waals surface area contributed by atoms with Gasteiger partial charge in [0.15, 0.2) is 0 Å². The summed E-state index contributed by atoms with van der Waals surface area (Å²) in [5, 5.41) is 16.5. The summed E-state index contributed by atoms with van der Waals surface area (Å²) >= 11 is 0. The number of carbonyl (C=O) groups excluding carboxylic acids is 2. The van der Waals surface area contributed by atoms with E-state index in [4.69, 9.17) is 0 Å². The summed E-state index contributed by atoms with van der Waals surface area (Å²) in [6.07, 6.45) is 5.20. The Kier molecular flexibility index (Phi) is 7.13. The number of carboxylic acids is 1. The number of hydrogen-bond donors (Lipinski definition) is 3. The molecule has 4 atom stereocenters. The predicted molar refractivity (Wildman–Crippen MR) is 135 cm³/mol. The molecule has 1 saturated carbocycles. The lowest BCUT2D eigenvalue weighted by Crippen LogP contribution is -2.59. The highest BCUT2D eigenvalue weighted by atomic mass is 16.4. The minimum atomic E-state index is -1.08. The Labute approximate surface area is 211 Å². The zero-order valence-corrected chi connectivity index (χ0v) is 21.3. The normalized spacial score (nSPS) is 26.6. The van der Waals surface area contributed by atoms with Gasteiger partial charge in [0, 0.05) is 29.7 Å². The summed E-state index contributed by atoms with van der Waals surface area (Å²) in [6.45, 7) is 8.34. The molecule has 1 aromatic carbocycles. The van der Waals surface area contributed by atoms with Gasteiger partial charge >= 0.3 is 5.97 Å². The number of nitrogens with zero attached hydrogens (tertiary/aromatic N) is 3. The molecular weight excluding hydrogens is 458 g/mol. The topological polar surface area (TPSA) is 125 Å². The minimum Gasteiger partial charge on any atom is -0.481 e. The third kappa shape index (κ3) is 5.41. The van der Waals surface area contributed by atoms with Crippen LogP contribution >= 0.6 is 0 Å². The standard InChI is InChI=1S/C27H35N5O4/c1-26(2,3)31-18-10-11-22(27(4,14-18)25(35)36)32-13-12-19(24(32)34)30-23(33)21-16-28-15-20(29-21)17-8-6-5-7-9-17/h5-9,15-16,18-19,22,31H,10-14H2,1-4H3,(H,30,33)(H,35,36)/t18-,19?,22+,27-/m1/s1. The van der Waals surface area contributed by atoms with Crippen LogP contribution < -0.4 is 10.6 Å². The fourth-order valence-corrected chi connectivity index (χ4v) is 5.49. The van der Waals surface area contributed by atoms with Gasteiger partial charge in [0.1, 0.15) is 11.7 Å². The van der Waals surface area contributed by atoms with Crippen LogP contribution in [0.25, 0.3) is 11.3 Å². The van der Waals surface area contributed by atoms with Crippen molar-refractivity contribution in [3.8, 4) is 11.3 Å². The van der Waals surface area contributed by atoms with Crippen molar-refractivity contribution in [1.82, 2.24) is 25.5 Å². The van der Waals surface area contributed by atoms with Gasteiger partial charge in [-0.2, -0.15) is 0 Å². The van der Waals surface area contributed by atoms with E-state index in [2.05, 4.69) is 41.4 Å². The van der Waals surface area contributed by atoms with Crippen LogP contribution in [0.4, 0.5) is 0 Å². The van der Waals surface area contributed by atoms with Gasteiger partial charge in [0.2, 0.25) is 5.91 Å². The molecular formula is C27H35N5O4. The molecule has 9 heteroatoms. The van der Waals surface area contributed by atoms with Crippen LogP contribution in [0, 0.1) is 5.41 Å². The van der Waals surface area contributed by atoms with Crippen LogP contribution in [0.15, 0.2) is 42.7 Å². The van der Waals surface area contributed by atoms with Crippen molar-refractivity contribution in [2.24, 2.45) is 5.41 Å². The Morgan fingerprint density at radius 1 is 1.11 bits per heavy atom. The highest BCUT2D eigenvalue weighted by Crippen LogP contribution is 2.41. The summed E-state index contributed by atoms with van der Waals surface area (Å²) in [6, 6.07) is 8.34. The second-order valence-corrected chi connectivity index (χ2v) is 11.1. The maximum absolute atomic E-state index is 13.3. The molecule has 2 amide bonds. The smallest absolute Gasteiger partial charge is 0.311 e. The summed E-state index contributed by atoms with van der Waals surface area (Å²) in [5.41, 5.74) is 0.335. The zero-order chi connectivity index (χ0) is 26.1. The highest BCUT2D eigenvalue weighted by Gasteiger charge is 2.52. The Morgan fingerprint density at radius 2 is 1.83 bits per heavy atom. The molecule has 0 spiro atoms. The molecule has 3 N–H and O–H groups in total. The van der Waals surface area contributed by atoms with Gasteiger partial charge in [-0.25, -0.2) is 4.98 Å². The van der Waals surface area contributed by atoms with Crippen molar-refractivity contribution < 1.29 is 19.5 Å². The van der Waals surface area contributed by atoms with E-state index in [1.807, 2.05) is 30.3 Å². The van der Waals surface area contributed by atoms with Gasteiger partial charge in [-0.15, -0.1) is 0 Å². The van der Waals surface area contributed by atoms with Crippen LogP contribution in [0.2, 0.25) is 0 Å². The van der Waals surface area contributed by atoms with E-state index in [0.717, 1.165) is 12.0 Å². The molecule has 36 heavy (non-hydrogen) atoms. The third-order valence-corrected chi connectivity index (χ3v) is 7.18. The van der Waals surface area contributed by atoms with Crippen molar-refractivity contribution in [3.63, 3.8) is 0 Å². The van der Waals surface area contributed by atoms with Gasteiger partial charge in [0.05, 0.1) is 23.5 Å². The van der Waals surface area contributed by atoms with E-state index in [0.29, 0.717) is 31.5 Å². The Morgan fingerprint density at radius 3 is 2.50 bits per heavy atom. The number of amides is 2. The zero-order valence-electron chi connectivity index (χ0n) is 21.3. The first-order valence-electron chi connectivity index (χ1n) is 12.5. The van der Waals surface area contributed by atoms with Gasteiger partial charge in [-0.3, -0.25) is 19.4 Å². The quantitative estimate of drug-likeness (QED) is 0.565. The molecule has 1 aromatic heterocycles. The molecule has 9 nitrogen and oxygen atoms in total. The van der Waals surface area contributed by atoms with E-state index < -0.39 is 29.4 Å². The van der Waals surface area contributed by atoms with Crippen molar-refractivity contribution >= 4 is 17.8 Å². The number of aliphatic carboxylic acids is 1. The Balaban J connectivity index is 1.45. The second-order valence-electron chi connectivity index (χ2n) is 11.1. The number of likely N-dealkylation sites (tertiary alicyclic amines) is 1. The molecule has 1 aliphatic heterocycles. The van der Waals surface area contributed by atoms with Gasteiger partial charge in [-0.05, 0) is 53.4 Å². The maximum atomic E-state index is 13.3. The van der Waals surface area contributed by atoms with Gasteiger partial charge in [-0.1, -0.05) is 30.3 Å². The van der Waals surface area contributed by atoms with E-state index >= 15 is 0 Å². The van der Waals surface area contributed by atoms with E-state index in [1.54, 1.807) is 18.0 Å². The summed E-state index contributed by atoms with van der Waals surface area (Å²) in [7, 11) is 0. The molecule has 2 aliphatic rings. The SMILES string of the molecule is CC(C)(C)N[C@@H]1CC[C@H](N2CCC(NC(=O)c3cncc(-c4ccccc4)n3)C2=O)[C@](C)(C(=O)O)C1. The van der Waals surface area contributed by atoms with Crippen molar-refractivity contribution in [1.29, 1.82) is 0 Å². The number of carboxylic acid groups (broad SMARTS) is 1. The number of benzene rings is 1. The number of hydrogen-bond acceptors (Lipinski definition) is 6. The Bertz CT molecular complexity index is 1130. The largest absolute Gasteiger partial charge is 0.481 e. The van der Waals surface area contributed by atoms with Crippen LogP contribution in [-0.4, -0.2) is 68.0 Å². The molecule has 1 saturated heterocycles. The number of aromatic nitrogens is 2. The first kappa shape index (κ1) is 25.8. The monoisotopic (exact) mass is 493 g/mol. The van der Waals surface area contributed by atoms with E-state index in [1.165, 1.54) is 6.20 Å². The lowest BCUT2D eigenvalue weighted by atomic mass is 9.68. The van der Waals surface area contributed by atoms with Crippen molar-refractivity contribution in [2.75, 3.05) is 6.54 Å². The molecule has 4 rings (SSSR count). The lowest BCUT2D eigenvalue weighted by molar-refractivity contribution is -0.158. The maximum Gasteiger partial charge on any atom is 0.311 e. The summed E-state index contributed by atoms with van der Waals surface area (Å²) < 4.78 is 0. The van der Waals surface area contributed by atoms with Crippen LogP contribution in [0.1, 0.15) is 63.9 Å². The lowest BCUT2D eigenvalue weighted by Gasteiger charge is -2.47. The second kappa shape index (κ2) is 9.97. The van der Waals surface area contributed by atoms with E-state index in [9.17, 15) is 19.5 Å². The molecule has 192 valence electrons. The molecule has 2 fully saturated rings.